The van der Waals surface area contributed by atoms with E-state index >= 15 is 0 Å². The summed E-state index contributed by atoms with van der Waals surface area (Å²) in [5, 5.41) is 3.41. The number of carbonyl (C=O) groups excluding carboxylic acids is 1. The Bertz CT molecular complexity index is 432. The maximum atomic E-state index is 11.9. The standard InChI is InChI=1S/C14H18ClNO3/c1-10(19-12-6-7-18-9-12)16-14(17)8-11-4-2-3-5-13(11)15/h2-5,10,12H,6-9H2,1H3,(H,16,17). The first-order chi connectivity index (χ1) is 9.15. The molecule has 4 nitrogen and oxygen atoms in total. The van der Waals surface area contributed by atoms with Crippen LogP contribution in [-0.4, -0.2) is 31.5 Å². The van der Waals surface area contributed by atoms with Gasteiger partial charge in [0.15, 0.2) is 0 Å². The Morgan fingerprint density at radius 1 is 1.58 bits per heavy atom. The minimum absolute atomic E-state index is 0.0793. The SMILES string of the molecule is CC(NC(=O)Cc1ccccc1Cl)OC1CCOC1. The highest BCUT2D eigenvalue weighted by molar-refractivity contribution is 6.31. The van der Waals surface area contributed by atoms with E-state index in [4.69, 9.17) is 21.1 Å². The number of nitrogens with one attached hydrogen (secondary N) is 1. The zero-order valence-electron chi connectivity index (χ0n) is 10.9. The first kappa shape index (κ1) is 14.3. The van der Waals surface area contributed by atoms with Crippen LogP contribution in [0.2, 0.25) is 5.02 Å². The lowest BCUT2D eigenvalue weighted by Crippen LogP contribution is -2.38. The van der Waals surface area contributed by atoms with Gasteiger partial charge in [-0.25, -0.2) is 0 Å². The number of benzene rings is 1. The predicted octanol–water partition coefficient (Wildman–Crippen LogP) is 2.15. The number of amides is 1. The topological polar surface area (TPSA) is 47.6 Å². The molecule has 0 spiro atoms. The minimum atomic E-state index is -0.318. The van der Waals surface area contributed by atoms with Crippen molar-refractivity contribution in [2.45, 2.75) is 32.1 Å². The molecule has 1 amide bonds. The molecular weight excluding hydrogens is 266 g/mol. The maximum absolute atomic E-state index is 11.9. The summed E-state index contributed by atoms with van der Waals surface area (Å²) in [4.78, 5) is 11.9. The largest absolute Gasteiger partial charge is 0.379 e. The van der Waals surface area contributed by atoms with Crippen LogP contribution < -0.4 is 5.32 Å². The Hall–Kier alpha value is -1.10. The molecule has 2 atom stereocenters. The summed E-state index contributed by atoms with van der Waals surface area (Å²) in [6, 6.07) is 7.33. The molecule has 1 N–H and O–H groups in total. The van der Waals surface area contributed by atoms with Crippen molar-refractivity contribution in [3.63, 3.8) is 0 Å². The van der Waals surface area contributed by atoms with Gasteiger partial charge < -0.3 is 14.8 Å². The lowest BCUT2D eigenvalue weighted by molar-refractivity contribution is -0.126. The first-order valence-corrected chi connectivity index (χ1v) is 6.79. The van der Waals surface area contributed by atoms with E-state index in [1.54, 1.807) is 6.07 Å². The Labute approximate surface area is 118 Å². The lowest BCUT2D eigenvalue weighted by atomic mass is 10.1. The van der Waals surface area contributed by atoms with Crippen LogP contribution >= 0.6 is 11.6 Å². The van der Waals surface area contributed by atoms with Crippen molar-refractivity contribution in [1.82, 2.24) is 5.32 Å². The fourth-order valence-electron chi connectivity index (χ4n) is 2.04. The molecule has 19 heavy (non-hydrogen) atoms. The van der Waals surface area contributed by atoms with Gasteiger partial charge in [-0.1, -0.05) is 29.8 Å². The highest BCUT2D eigenvalue weighted by Crippen LogP contribution is 2.15. The summed E-state index contributed by atoms with van der Waals surface area (Å²) in [5.74, 6) is -0.0977. The smallest absolute Gasteiger partial charge is 0.226 e. The molecule has 1 aliphatic heterocycles. The van der Waals surface area contributed by atoms with Gasteiger partial charge in [-0.05, 0) is 25.0 Å². The monoisotopic (exact) mass is 283 g/mol. The van der Waals surface area contributed by atoms with Crippen LogP contribution in [0, 0.1) is 0 Å². The Balaban J connectivity index is 1.79. The molecule has 5 heteroatoms. The molecule has 2 unspecified atom stereocenters. The van der Waals surface area contributed by atoms with Crippen LogP contribution in [-0.2, 0) is 20.7 Å². The van der Waals surface area contributed by atoms with Crippen molar-refractivity contribution in [3.05, 3.63) is 34.9 Å². The molecule has 0 aliphatic carbocycles. The average Bonchev–Trinajstić information content (AvgIpc) is 2.84. The molecule has 104 valence electrons. The van der Waals surface area contributed by atoms with Crippen LogP contribution in [0.15, 0.2) is 24.3 Å². The highest BCUT2D eigenvalue weighted by Gasteiger charge is 2.19. The van der Waals surface area contributed by atoms with Crippen molar-refractivity contribution in [1.29, 1.82) is 0 Å². The van der Waals surface area contributed by atoms with Gasteiger partial charge in [-0.15, -0.1) is 0 Å². The highest BCUT2D eigenvalue weighted by atomic mass is 35.5. The van der Waals surface area contributed by atoms with Crippen molar-refractivity contribution >= 4 is 17.5 Å². The van der Waals surface area contributed by atoms with Crippen LogP contribution in [0.4, 0.5) is 0 Å². The maximum Gasteiger partial charge on any atom is 0.226 e. The van der Waals surface area contributed by atoms with Gasteiger partial charge in [0.2, 0.25) is 5.91 Å². The summed E-state index contributed by atoms with van der Waals surface area (Å²) < 4.78 is 10.9. The molecule has 1 heterocycles. The molecule has 0 radical (unpaired) electrons. The van der Waals surface area contributed by atoms with E-state index in [9.17, 15) is 4.79 Å². The van der Waals surface area contributed by atoms with Crippen molar-refractivity contribution in [2.75, 3.05) is 13.2 Å². The third kappa shape index (κ3) is 4.49. The summed E-state index contributed by atoms with van der Waals surface area (Å²) in [6.07, 6.45) is 0.900. The molecular formula is C14H18ClNO3. The van der Waals surface area contributed by atoms with Crippen LogP contribution in [0.5, 0.6) is 0 Å². The number of ether oxygens (including phenoxy) is 2. The summed E-state index contributed by atoms with van der Waals surface area (Å²) in [6.45, 7) is 3.15. The Morgan fingerprint density at radius 2 is 2.37 bits per heavy atom. The van der Waals surface area contributed by atoms with E-state index in [1.165, 1.54) is 0 Å². The number of hydrogen-bond acceptors (Lipinski definition) is 3. The van der Waals surface area contributed by atoms with E-state index in [-0.39, 0.29) is 24.7 Å². The zero-order valence-corrected chi connectivity index (χ0v) is 11.7. The van der Waals surface area contributed by atoms with Gasteiger partial charge >= 0.3 is 0 Å². The summed E-state index contributed by atoms with van der Waals surface area (Å²) in [5.41, 5.74) is 0.818. The third-order valence-electron chi connectivity index (χ3n) is 2.96. The van der Waals surface area contributed by atoms with Crippen LogP contribution in [0.3, 0.4) is 0 Å². The number of carbonyl (C=O) groups is 1. The molecule has 0 aromatic heterocycles. The quantitative estimate of drug-likeness (QED) is 0.843. The molecule has 1 fully saturated rings. The van der Waals surface area contributed by atoms with Crippen molar-refractivity contribution in [3.8, 4) is 0 Å². The van der Waals surface area contributed by atoms with Crippen LogP contribution in [0.25, 0.3) is 0 Å². The van der Waals surface area contributed by atoms with E-state index in [2.05, 4.69) is 5.32 Å². The van der Waals surface area contributed by atoms with Crippen LogP contribution in [0.1, 0.15) is 18.9 Å². The molecule has 0 saturated carbocycles. The second-order valence-corrected chi connectivity index (χ2v) is 5.01. The normalized spacial score (nSPS) is 20.2. The molecule has 1 aromatic carbocycles. The van der Waals surface area contributed by atoms with Gasteiger partial charge in [-0.3, -0.25) is 4.79 Å². The van der Waals surface area contributed by atoms with Crippen molar-refractivity contribution in [2.24, 2.45) is 0 Å². The Morgan fingerprint density at radius 3 is 3.05 bits per heavy atom. The van der Waals surface area contributed by atoms with Crippen molar-refractivity contribution < 1.29 is 14.3 Å². The van der Waals surface area contributed by atoms with Gasteiger partial charge in [0.1, 0.15) is 6.23 Å². The second-order valence-electron chi connectivity index (χ2n) is 4.60. The second kappa shape index (κ2) is 6.89. The van der Waals surface area contributed by atoms with Gasteiger partial charge in [-0.2, -0.15) is 0 Å². The van der Waals surface area contributed by atoms with Gasteiger partial charge in [0.25, 0.3) is 0 Å². The predicted molar refractivity (Wildman–Crippen MR) is 73.1 cm³/mol. The first-order valence-electron chi connectivity index (χ1n) is 6.41. The van der Waals surface area contributed by atoms with E-state index in [0.29, 0.717) is 11.6 Å². The summed E-state index contributed by atoms with van der Waals surface area (Å²) >= 11 is 6.01. The van der Waals surface area contributed by atoms with E-state index < -0.39 is 0 Å². The lowest BCUT2D eigenvalue weighted by Gasteiger charge is -2.18. The number of rotatable bonds is 5. The van der Waals surface area contributed by atoms with E-state index in [1.807, 2.05) is 25.1 Å². The van der Waals surface area contributed by atoms with Gasteiger partial charge in [0.05, 0.1) is 19.1 Å². The van der Waals surface area contributed by atoms with E-state index in [0.717, 1.165) is 18.6 Å². The number of hydrogen-bond donors (Lipinski definition) is 1. The molecule has 0 bridgehead atoms. The minimum Gasteiger partial charge on any atom is -0.379 e. The zero-order chi connectivity index (χ0) is 13.7. The fraction of sp³-hybridized carbons (Fsp3) is 0.500. The average molecular weight is 284 g/mol. The number of halogens is 1. The molecule has 2 rings (SSSR count). The third-order valence-corrected chi connectivity index (χ3v) is 3.33. The Kier molecular flexibility index (Phi) is 5.19. The molecule has 1 aliphatic rings. The molecule has 1 saturated heterocycles. The fourth-order valence-corrected chi connectivity index (χ4v) is 2.24. The summed E-state index contributed by atoms with van der Waals surface area (Å²) in [7, 11) is 0. The molecule has 1 aromatic rings. The van der Waals surface area contributed by atoms with Gasteiger partial charge in [0, 0.05) is 11.6 Å².